The average Bonchev–Trinajstić information content (AvgIpc) is 2.74. The van der Waals surface area contributed by atoms with Gasteiger partial charge in [0.15, 0.2) is 0 Å². The molecule has 0 heterocycles. The first-order valence-electron chi connectivity index (χ1n) is 14.4. The van der Waals surface area contributed by atoms with Crippen molar-refractivity contribution in [3.05, 3.63) is 0 Å². The van der Waals surface area contributed by atoms with Crippen LogP contribution in [0.5, 0.6) is 0 Å². The fourth-order valence-electron chi connectivity index (χ4n) is 6.02. The van der Waals surface area contributed by atoms with Gasteiger partial charge in [0.25, 0.3) is 0 Å². The molecular formula is C27H60O3PTi. The summed E-state index contributed by atoms with van der Waals surface area (Å²) in [6.07, 6.45) is 21.6. The molecule has 0 atom stereocenters. The summed E-state index contributed by atoms with van der Waals surface area (Å²) < 4.78 is 16.3. The van der Waals surface area contributed by atoms with Gasteiger partial charge in [0.1, 0.15) is 0 Å². The minimum atomic E-state index is -4.09. The van der Waals surface area contributed by atoms with Gasteiger partial charge in [0, 0.05) is 0 Å². The van der Waals surface area contributed by atoms with Crippen LogP contribution < -0.4 is 0 Å². The summed E-state index contributed by atoms with van der Waals surface area (Å²) in [6.45, 7) is 11.1. The molecule has 0 spiro atoms. The second-order valence-electron chi connectivity index (χ2n) is 11.2. The summed E-state index contributed by atoms with van der Waals surface area (Å²) in [6, 6.07) is 0. The van der Waals surface area contributed by atoms with Crippen molar-refractivity contribution in [3.63, 3.8) is 0 Å². The summed E-state index contributed by atoms with van der Waals surface area (Å²) in [7, 11) is 0. The summed E-state index contributed by atoms with van der Waals surface area (Å²) in [4.78, 5) is 22.1. The molecule has 0 aromatic carbocycles. The Morgan fingerprint density at radius 2 is 0.781 bits per heavy atom. The van der Waals surface area contributed by atoms with Gasteiger partial charge in [-0.15, -0.1) is 0 Å². The third kappa shape index (κ3) is 10.6. The van der Waals surface area contributed by atoms with Gasteiger partial charge in [-0.05, 0) is 0 Å². The van der Waals surface area contributed by atoms with Crippen molar-refractivity contribution in [2.24, 2.45) is 0 Å². The van der Waals surface area contributed by atoms with Gasteiger partial charge in [0.2, 0.25) is 0 Å². The Labute approximate surface area is 202 Å². The molecule has 3 nitrogen and oxygen atoms in total. The molecule has 0 amide bonds. The van der Waals surface area contributed by atoms with E-state index in [4.69, 9.17) is 0 Å². The molecule has 0 aliphatic carbocycles. The molecule has 0 unspecified atom stereocenters. The van der Waals surface area contributed by atoms with E-state index in [2.05, 4.69) is 34.6 Å². The van der Waals surface area contributed by atoms with Gasteiger partial charge < -0.3 is 0 Å². The van der Waals surface area contributed by atoms with E-state index in [1.54, 1.807) is 0 Å². The van der Waals surface area contributed by atoms with E-state index in [0.717, 1.165) is 52.7 Å². The van der Waals surface area contributed by atoms with Crippen LogP contribution in [0.2, 0.25) is 18.4 Å². The van der Waals surface area contributed by atoms with Crippen molar-refractivity contribution in [2.45, 2.75) is 169 Å². The first kappa shape index (κ1) is 32.9. The Hall–Kier alpha value is 0.864. The van der Waals surface area contributed by atoms with E-state index in [-0.39, 0.29) is 4.22 Å². The average molecular weight is 512 g/mol. The van der Waals surface area contributed by atoms with Crippen LogP contribution in [0, 0.1) is 0 Å². The van der Waals surface area contributed by atoms with E-state index in [1.165, 1.54) is 77.0 Å². The van der Waals surface area contributed by atoms with Gasteiger partial charge in [-0.2, -0.15) is 0 Å². The predicted octanol–water partition coefficient (Wildman–Crippen LogP) is 10.9. The Balaban J connectivity index is 5.44. The van der Waals surface area contributed by atoms with Crippen molar-refractivity contribution in [2.75, 3.05) is 0 Å². The molecule has 0 aromatic heterocycles. The Morgan fingerprint density at radius 3 is 1.00 bits per heavy atom. The molecule has 0 radical (unpaired) electrons. The van der Waals surface area contributed by atoms with Gasteiger partial charge in [0.05, 0.1) is 0 Å². The van der Waals surface area contributed by atoms with Crippen LogP contribution >= 0.6 is 5.59 Å². The molecule has 5 heteroatoms. The SMILES string of the molecule is CCCCCCC[CH2][Ti]([CH2]CCCCCCC)([CH2]CCCCCCC)([CH](C)C)[P](=O)(O)O. The van der Waals surface area contributed by atoms with Crippen LogP contribution in [0.1, 0.15) is 150 Å². The fraction of sp³-hybridized carbons (Fsp3) is 1.00. The molecule has 0 saturated heterocycles. The molecule has 0 fully saturated rings. The van der Waals surface area contributed by atoms with Crippen LogP contribution in [0.15, 0.2) is 0 Å². The zero-order valence-corrected chi connectivity index (χ0v) is 25.1. The van der Waals surface area contributed by atoms with Gasteiger partial charge in [-0.25, -0.2) is 0 Å². The molecule has 2 N–H and O–H groups in total. The van der Waals surface area contributed by atoms with Crippen LogP contribution in [0.25, 0.3) is 0 Å². The van der Waals surface area contributed by atoms with Crippen molar-refractivity contribution in [3.8, 4) is 0 Å². The number of hydrogen-bond acceptors (Lipinski definition) is 1. The van der Waals surface area contributed by atoms with Crippen LogP contribution in [-0.4, -0.2) is 9.79 Å². The molecule has 0 aliphatic heterocycles. The van der Waals surface area contributed by atoms with Crippen LogP contribution in [0.3, 0.4) is 0 Å². The molecule has 32 heavy (non-hydrogen) atoms. The third-order valence-electron chi connectivity index (χ3n) is 8.69. The Bertz CT molecular complexity index is 446. The first-order chi connectivity index (χ1) is 15.2. The summed E-state index contributed by atoms with van der Waals surface area (Å²) in [5.74, 6) is 0. The van der Waals surface area contributed by atoms with Gasteiger partial charge in [-0.1, -0.05) is 0 Å². The molecule has 0 rings (SSSR count). The van der Waals surface area contributed by atoms with E-state index in [0.29, 0.717) is 0 Å². The number of rotatable bonds is 23. The minimum absolute atomic E-state index is 0.190. The zero-order valence-electron chi connectivity index (χ0n) is 22.7. The number of hydrogen-bond donors (Lipinski definition) is 2. The predicted molar refractivity (Wildman–Crippen MR) is 142 cm³/mol. The van der Waals surface area contributed by atoms with Gasteiger partial charge >= 0.3 is 203 Å². The molecule has 0 bridgehead atoms. The van der Waals surface area contributed by atoms with E-state index >= 15 is 0 Å². The van der Waals surface area contributed by atoms with E-state index in [9.17, 15) is 14.4 Å². The standard InChI is InChI=1S/3C8H17.C3H7.HO3P.Ti/c3*1-3-5-7-8-6-4-2;1-3-2;1-4(2)3;/h3*1,3-8H2,2H3;3H,1-2H3;(H-,1,2,3);/q;;;;;-1/p+1. The normalized spacial score (nSPS) is 14.1. The van der Waals surface area contributed by atoms with E-state index < -0.39 is 20.4 Å². The van der Waals surface area contributed by atoms with Gasteiger partial charge in [-0.3, -0.25) is 0 Å². The second kappa shape index (κ2) is 18.2. The first-order valence-corrected chi connectivity index (χ1v) is 22.4. The van der Waals surface area contributed by atoms with Crippen LogP contribution in [0.4, 0.5) is 0 Å². The van der Waals surface area contributed by atoms with Crippen LogP contribution in [-0.2, 0) is 19.4 Å². The monoisotopic (exact) mass is 511 g/mol. The summed E-state index contributed by atoms with van der Waals surface area (Å²) in [5.41, 5.74) is -4.09. The molecule has 0 saturated carbocycles. The maximum atomic E-state index is 13.5. The van der Waals surface area contributed by atoms with Crippen molar-refractivity contribution >= 4 is 5.59 Å². The van der Waals surface area contributed by atoms with Crippen molar-refractivity contribution in [1.29, 1.82) is 0 Å². The molecule has 0 aliphatic rings. The summed E-state index contributed by atoms with van der Waals surface area (Å²) in [5, 5.41) is 0. The Kier molecular flexibility index (Phi) is 18.7. The maximum absolute atomic E-state index is 13.5. The van der Waals surface area contributed by atoms with Crippen molar-refractivity contribution in [1.82, 2.24) is 0 Å². The quantitative estimate of drug-likeness (QED) is 0.0815. The summed E-state index contributed by atoms with van der Waals surface area (Å²) >= 11 is -4.07. The molecule has 0 aromatic rings. The fourth-order valence-corrected chi connectivity index (χ4v) is 25.9. The van der Waals surface area contributed by atoms with E-state index in [1.807, 2.05) is 0 Å². The zero-order chi connectivity index (χ0) is 24.4. The molecule has 195 valence electrons. The second-order valence-corrected chi connectivity index (χ2v) is 30.3. The topological polar surface area (TPSA) is 57.5 Å². The Morgan fingerprint density at radius 1 is 0.531 bits per heavy atom. The third-order valence-corrected chi connectivity index (χ3v) is 34.5. The number of unbranched alkanes of at least 4 members (excludes halogenated alkanes) is 15. The molecular weight excluding hydrogens is 451 g/mol. The van der Waals surface area contributed by atoms with Crippen molar-refractivity contribution < 1.29 is 29.1 Å².